The highest BCUT2D eigenvalue weighted by atomic mass is 31.2. The first-order valence-electron chi connectivity index (χ1n) is 41.0. The zero-order chi connectivity index (χ0) is 87.6. The summed E-state index contributed by atoms with van der Waals surface area (Å²) in [5, 5.41) is 18.9. The van der Waals surface area contributed by atoms with Crippen molar-refractivity contribution in [3.05, 3.63) is 368 Å². The van der Waals surface area contributed by atoms with Gasteiger partial charge in [0.25, 0.3) is 0 Å². The van der Waals surface area contributed by atoms with Crippen LogP contribution >= 0.6 is 42.2 Å². The lowest BCUT2D eigenvalue weighted by Crippen LogP contribution is -2.32. The van der Waals surface area contributed by atoms with Crippen molar-refractivity contribution < 1.29 is 52.1 Å². The summed E-state index contributed by atoms with van der Waals surface area (Å²) in [6.45, 7) is 17.8. The maximum absolute atomic E-state index is 11.3. The Bertz CT molecular complexity index is 4720. The van der Waals surface area contributed by atoms with Crippen LogP contribution in [-0.2, 0) is 14.0 Å². The number of hydrogen-bond donors (Lipinski definition) is 1. The lowest BCUT2D eigenvalue weighted by Gasteiger charge is -2.28. The summed E-state index contributed by atoms with van der Waals surface area (Å²) < 4.78 is 32.7. The van der Waals surface area contributed by atoms with Crippen molar-refractivity contribution in [2.24, 2.45) is 0 Å². The molecule has 8 radical (unpaired) electrons. The molecule has 0 aliphatic carbocycles. The third kappa shape index (κ3) is 39.0. The smallest absolute Gasteiger partial charge is 0.565 e. The average molecular weight is 1750 g/mol. The summed E-state index contributed by atoms with van der Waals surface area (Å²) >= 11 is 0. The van der Waals surface area contributed by atoms with E-state index >= 15 is 0 Å². The van der Waals surface area contributed by atoms with Crippen LogP contribution in [0.25, 0.3) is 21.9 Å². The molecule has 0 fully saturated rings. The molecule has 2 aliphatic rings. The Kier molecular flexibility index (Phi) is 58.2. The van der Waals surface area contributed by atoms with Crippen LogP contribution in [-0.4, -0.2) is 93.3 Å². The number of fused-ring (bicyclic) bond motifs is 5. The van der Waals surface area contributed by atoms with E-state index in [0.717, 1.165) is 47.2 Å². The van der Waals surface area contributed by atoms with E-state index in [1.54, 1.807) is 104 Å². The maximum atomic E-state index is 11.3. The van der Waals surface area contributed by atoms with Gasteiger partial charge in [0.15, 0.2) is 5.75 Å². The van der Waals surface area contributed by atoms with Crippen molar-refractivity contribution in [3.63, 3.8) is 0 Å². The SMILES string of the molecule is C.C.C.CC.CCCC[P+](CCCC)(CCCC)CCCC.CC[P+](c1ccccc1)(c1ccccc1)c1ccccc1.Cc1ccc(P)cc1.O=C1O[B]Oc2ccccc21.Pc1ccccc1.Pc1ccccc1.[B]1Oc2ccccc2-c2ccccc2O1.[B]OC(=O)c1cccc2ccccc12.[B]OC(=O)c1ccccc1.[B]Oc1ccccc1O. The molecule has 0 amide bonds. The lowest BCUT2D eigenvalue weighted by molar-refractivity contribution is 0.0695. The molecule has 1 N–H and O–H groups in total. The molecule has 3 atom stereocenters. The van der Waals surface area contributed by atoms with Gasteiger partial charge < -0.3 is 37.7 Å². The summed E-state index contributed by atoms with van der Waals surface area (Å²) in [4.78, 5) is 32.9. The first kappa shape index (κ1) is 110. The van der Waals surface area contributed by atoms with E-state index in [4.69, 9.17) is 35.2 Å². The molecule has 21 heteroatoms. The number of rotatable bonds is 19. The van der Waals surface area contributed by atoms with E-state index in [-0.39, 0.29) is 39.7 Å². The first-order valence-corrected chi connectivity index (χ1v) is 47.2. The molecule has 3 unspecified atom stereocenters. The van der Waals surface area contributed by atoms with Gasteiger partial charge in [-0.1, -0.05) is 350 Å². The van der Waals surface area contributed by atoms with Gasteiger partial charge in [0.2, 0.25) is 0 Å². The molecule has 2 heterocycles. The van der Waals surface area contributed by atoms with Gasteiger partial charge in [-0.05, 0) is 157 Å². The summed E-state index contributed by atoms with van der Waals surface area (Å²) in [6.07, 6.45) is 19.1. The Morgan fingerprint density at radius 2 is 0.710 bits per heavy atom. The Balaban J connectivity index is 0.000000473. The Hall–Kier alpha value is -10.00. The van der Waals surface area contributed by atoms with Crippen molar-refractivity contribution in [2.75, 3.05) is 30.8 Å². The molecule has 0 aromatic heterocycles. The standard InChI is InChI=1S/C20H20P.C16H36P.C12H8BO2.C11H7BO2.C7H4BO3.C7H5BO2.C7H9P.C6H5BO2.2C6H7P.C2H6.3CH4/c1-2-21(18-12-6-3-7-13-18,19-14-8-4-9-15-19)20-16-10-5-11-17-20;1-5-9-13-17(14-10-6-2,15-11-7-3)16-12-8-4;1-3-7-11-9(5-1)10-6-2-4-8-12(10)15-13-14-11;12-14-11(13)10-7-3-5-8-4-1-2-6-9(8)10;9-7-5-3-1-2-4-6(5)10-8-11-7;8-10-7(9)6-4-2-1-3-5-6;1-6-2-4-7(8)5-3-6;7-9-6-4-2-1-3-5(6)8;2*7-6-4-2-1-3-5-6;1-2;;;/h3-17H,2H2,1H3;5-16H2,1-4H3;1-8H;1-7H;1-4H;1-5H;2-5H,8H2,1H3;1-4,8H;2*1-5H,7H2;1-2H3;3*1H4/q2*+1;;;;;;;;;;;;. The first-order chi connectivity index (χ1) is 59.0. The summed E-state index contributed by atoms with van der Waals surface area (Å²) in [7, 11) is 22.5. The monoisotopic (exact) mass is 1750 g/mol. The highest BCUT2D eigenvalue weighted by molar-refractivity contribution is 7.95. The zero-order valence-electron chi connectivity index (χ0n) is 71.1. The minimum Gasteiger partial charge on any atom is -0.565 e. The van der Waals surface area contributed by atoms with E-state index in [9.17, 15) is 14.4 Å². The maximum Gasteiger partial charge on any atom is 0.660 e. The van der Waals surface area contributed by atoms with E-state index in [1.165, 1.54) is 103 Å². The van der Waals surface area contributed by atoms with Crippen molar-refractivity contribution >= 4 is 142 Å². The molecule has 642 valence electrons. The van der Waals surface area contributed by atoms with Gasteiger partial charge in [0.1, 0.15) is 46.2 Å². The second-order valence-electron chi connectivity index (χ2n) is 27.2. The number of benzene rings is 13. The van der Waals surface area contributed by atoms with Crippen LogP contribution in [0.5, 0.6) is 28.7 Å². The fraction of sp³-hybridized carbons (Fsp3) is 0.233. The number of para-hydroxylation sites is 5. The van der Waals surface area contributed by atoms with Gasteiger partial charge in [0, 0.05) is 18.4 Å². The van der Waals surface area contributed by atoms with E-state index in [0.29, 0.717) is 22.4 Å². The van der Waals surface area contributed by atoms with Crippen molar-refractivity contribution in [1.82, 2.24) is 0 Å². The van der Waals surface area contributed by atoms with Crippen molar-refractivity contribution in [1.29, 1.82) is 0 Å². The molecule has 0 bridgehead atoms. The molecule has 124 heavy (non-hydrogen) atoms. The topological polar surface area (TPSA) is 136 Å². The summed E-state index contributed by atoms with van der Waals surface area (Å²) in [5.74, 6) is 1.14. The Labute approximate surface area is 757 Å². The highest BCUT2D eigenvalue weighted by Crippen LogP contribution is 2.61. The second-order valence-corrected chi connectivity index (χ2v) is 37.5. The number of carbonyl (C=O) groups excluding carboxylic acids is 3. The van der Waals surface area contributed by atoms with Crippen LogP contribution in [0.1, 0.15) is 159 Å². The minimum atomic E-state index is -1.53. The number of phenols is 1. The largest absolute Gasteiger partial charge is 0.660 e. The van der Waals surface area contributed by atoms with Crippen LogP contribution in [0, 0.1) is 6.92 Å². The number of carbonyl (C=O) groups is 3. The van der Waals surface area contributed by atoms with E-state index < -0.39 is 26.5 Å². The second kappa shape index (κ2) is 65.6. The molecule has 0 spiro atoms. The van der Waals surface area contributed by atoms with E-state index in [1.807, 2.05) is 159 Å². The van der Waals surface area contributed by atoms with Crippen LogP contribution < -0.4 is 50.4 Å². The fourth-order valence-corrected chi connectivity index (χ4v) is 22.4. The highest BCUT2D eigenvalue weighted by Gasteiger charge is 2.43. The van der Waals surface area contributed by atoms with Gasteiger partial charge in [-0.25, -0.2) is 14.4 Å². The minimum absolute atomic E-state index is 0. The Morgan fingerprint density at radius 1 is 0.379 bits per heavy atom. The molecular weight excluding hydrogens is 1620 g/mol. The van der Waals surface area contributed by atoms with Gasteiger partial charge in [0.05, 0.1) is 47.5 Å². The zero-order valence-corrected chi connectivity index (χ0v) is 76.4. The molecule has 2 aliphatic heterocycles. The summed E-state index contributed by atoms with van der Waals surface area (Å²) in [6, 6.07) is 112. The molecule has 11 nitrogen and oxygen atoms in total. The van der Waals surface area contributed by atoms with Crippen LogP contribution in [0.15, 0.2) is 346 Å². The van der Waals surface area contributed by atoms with E-state index in [2.05, 4.69) is 211 Å². The van der Waals surface area contributed by atoms with Crippen LogP contribution in [0.4, 0.5) is 0 Å². The molecule has 13 aromatic carbocycles. The molecular formula is C103H126B5O11P5+2. The third-order valence-corrected chi connectivity index (χ3v) is 29.5. The quantitative estimate of drug-likeness (QED) is 0.0612. The lowest BCUT2D eigenvalue weighted by atomic mass is 10.0. The average Bonchev–Trinajstić information content (AvgIpc) is 0.768. The number of phenolic OH excluding ortho intramolecular Hbond substituents is 1. The fourth-order valence-electron chi connectivity index (χ4n) is 12.5. The number of aryl methyl sites for hydroxylation is 1. The van der Waals surface area contributed by atoms with Crippen LogP contribution in [0.2, 0.25) is 0 Å². The van der Waals surface area contributed by atoms with Gasteiger partial charge >= 0.3 is 57.4 Å². The molecule has 15 rings (SSSR count). The van der Waals surface area contributed by atoms with Gasteiger partial charge in [-0.2, -0.15) is 0 Å². The van der Waals surface area contributed by atoms with Gasteiger partial charge in [-0.15, -0.1) is 27.7 Å². The third-order valence-electron chi connectivity index (χ3n) is 18.8. The summed E-state index contributed by atoms with van der Waals surface area (Å²) in [5.41, 5.74) is 4.85. The normalized spacial score (nSPS) is 10.4. The predicted molar refractivity (Wildman–Crippen MR) is 550 cm³/mol. The molecule has 0 saturated carbocycles. The predicted octanol–water partition coefficient (Wildman–Crippen LogP) is 24.3. The number of hydrogen-bond acceptors (Lipinski definition) is 11. The number of aromatic hydroxyl groups is 1. The number of unbranched alkanes of at least 4 members (excludes halogenated alkanes) is 4. The van der Waals surface area contributed by atoms with Gasteiger partial charge in [-0.3, -0.25) is 0 Å². The Morgan fingerprint density at radius 3 is 1.06 bits per heavy atom. The molecule has 13 aromatic rings. The molecule has 0 saturated heterocycles. The van der Waals surface area contributed by atoms with Crippen molar-refractivity contribution in [3.8, 4) is 39.9 Å². The van der Waals surface area contributed by atoms with Crippen LogP contribution in [0.3, 0.4) is 0 Å². The van der Waals surface area contributed by atoms with Crippen molar-refractivity contribution in [2.45, 2.75) is 129 Å².